The van der Waals surface area contributed by atoms with E-state index in [4.69, 9.17) is 14.2 Å². The van der Waals surface area contributed by atoms with Crippen LogP contribution in [0.1, 0.15) is 18.4 Å². The van der Waals surface area contributed by atoms with Gasteiger partial charge in [0, 0.05) is 24.5 Å². The zero-order valence-electron chi connectivity index (χ0n) is 13.9. The van der Waals surface area contributed by atoms with Crippen molar-refractivity contribution in [2.24, 2.45) is 0 Å². The van der Waals surface area contributed by atoms with Crippen LogP contribution in [0.3, 0.4) is 0 Å². The average Bonchev–Trinajstić information content (AvgIpc) is 2.91. The van der Waals surface area contributed by atoms with Crippen molar-refractivity contribution in [3.8, 4) is 0 Å². The normalized spacial score (nSPS) is 25.9. The van der Waals surface area contributed by atoms with Gasteiger partial charge in [0.05, 0.1) is 25.8 Å². The van der Waals surface area contributed by atoms with E-state index in [0.29, 0.717) is 31.5 Å². The molecular weight excluding hydrogens is 350 g/mol. The molecule has 3 fully saturated rings. The largest absolute Gasteiger partial charge is 0.447 e. The summed E-state index contributed by atoms with van der Waals surface area (Å²) in [4.78, 5) is 24.6. The summed E-state index contributed by atoms with van der Waals surface area (Å²) in [5.41, 5.74) is -0.181. The van der Waals surface area contributed by atoms with Gasteiger partial charge in [0.1, 0.15) is 29.9 Å². The van der Waals surface area contributed by atoms with Crippen LogP contribution in [0.4, 0.5) is 18.4 Å². The number of nitrogens with zero attached hydrogens (tertiary/aromatic N) is 1. The molecule has 1 aromatic carbocycles. The number of alkyl carbamates (subject to hydrolysis) is 1. The zero-order chi connectivity index (χ0) is 18.3. The first-order valence-corrected chi connectivity index (χ1v) is 8.38. The van der Waals surface area contributed by atoms with E-state index in [2.05, 4.69) is 5.32 Å². The molecule has 0 aromatic heterocycles. The lowest BCUT2D eigenvalue weighted by molar-refractivity contribution is -0.0932. The highest BCUT2D eigenvalue weighted by molar-refractivity contribution is 5.74. The molecule has 2 heterocycles. The van der Waals surface area contributed by atoms with Crippen LogP contribution >= 0.6 is 0 Å². The molecule has 1 spiro atoms. The molecule has 1 aliphatic carbocycles. The van der Waals surface area contributed by atoms with Gasteiger partial charge in [0.25, 0.3) is 0 Å². The monoisotopic (exact) mass is 368 g/mol. The fraction of sp³-hybridized carbons (Fsp3) is 0.529. The molecule has 4 rings (SSSR count). The van der Waals surface area contributed by atoms with Gasteiger partial charge in [-0.2, -0.15) is 0 Å². The maximum Gasteiger partial charge on any atom is 0.410 e. The van der Waals surface area contributed by atoms with E-state index in [1.807, 2.05) is 0 Å². The number of halogens is 2. The van der Waals surface area contributed by atoms with Crippen LogP contribution in [0.2, 0.25) is 0 Å². The van der Waals surface area contributed by atoms with E-state index in [-0.39, 0.29) is 25.4 Å². The van der Waals surface area contributed by atoms with Crippen molar-refractivity contribution in [3.63, 3.8) is 0 Å². The lowest BCUT2D eigenvalue weighted by atomic mass is 9.91. The van der Waals surface area contributed by atoms with Crippen LogP contribution < -0.4 is 5.32 Å². The van der Waals surface area contributed by atoms with Crippen molar-refractivity contribution in [1.29, 1.82) is 0 Å². The van der Waals surface area contributed by atoms with E-state index >= 15 is 0 Å². The minimum atomic E-state index is -0.637. The van der Waals surface area contributed by atoms with Crippen molar-refractivity contribution >= 4 is 12.2 Å². The number of rotatable bonds is 4. The molecule has 2 aliphatic heterocycles. The van der Waals surface area contributed by atoms with Crippen LogP contribution in [0.15, 0.2) is 18.2 Å². The van der Waals surface area contributed by atoms with Crippen LogP contribution in [0.25, 0.3) is 0 Å². The molecule has 26 heavy (non-hydrogen) atoms. The Balaban J connectivity index is 1.15. The molecule has 1 aromatic rings. The third kappa shape index (κ3) is 3.31. The fourth-order valence-electron chi connectivity index (χ4n) is 3.29. The third-order valence-electron chi connectivity index (χ3n) is 4.90. The summed E-state index contributed by atoms with van der Waals surface area (Å²) in [7, 11) is 0. The second kappa shape index (κ2) is 6.39. The Morgan fingerprint density at radius 2 is 2.08 bits per heavy atom. The molecule has 0 radical (unpaired) electrons. The smallest absolute Gasteiger partial charge is 0.410 e. The number of benzene rings is 1. The van der Waals surface area contributed by atoms with Crippen molar-refractivity contribution in [2.75, 3.05) is 19.7 Å². The van der Waals surface area contributed by atoms with Crippen molar-refractivity contribution in [1.82, 2.24) is 10.2 Å². The van der Waals surface area contributed by atoms with Gasteiger partial charge in [0.15, 0.2) is 0 Å². The van der Waals surface area contributed by atoms with Crippen LogP contribution in [0, 0.1) is 11.6 Å². The fourth-order valence-corrected chi connectivity index (χ4v) is 3.29. The highest BCUT2D eigenvalue weighted by atomic mass is 19.1. The van der Waals surface area contributed by atoms with Crippen molar-refractivity contribution < 1.29 is 32.6 Å². The number of cyclic esters (lactones) is 1. The van der Waals surface area contributed by atoms with Crippen LogP contribution in [-0.4, -0.2) is 54.5 Å². The van der Waals surface area contributed by atoms with E-state index in [0.717, 1.165) is 6.07 Å². The van der Waals surface area contributed by atoms with Gasteiger partial charge in [-0.3, -0.25) is 0 Å². The number of amides is 2. The molecule has 2 amide bonds. The van der Waals surface area contributed by atoms with Gasteiger partial charge < -0.3 is 24.4 Å². The number of carbonyl (C=O) groups excluding carboxylic acids is 2. The second-order valence-electron chi connectivity index (χ2n) is 6.98. The van der Waals surface area contributed by atoms with Crippen molar-refractivity contribution in [3.05, 3.63) is 35.4 Å². The number of ether oxygens (including phenoxy) is 3. The maximum absolute atomic E-state index is 13.5. The Labute approximate surface area is 148 Å². The van der Waals surface area contributed by atoms with Crippen LogP contribution in [0.5, 0.6) is 0 Å². The first-order valence-electron chi connectivity index (χ1n) is 8.38. The minimum Gasteiger partial charge on any atom is -0.447 e. The lowest BCUT2D eigenvalue weighted by Crippen LogP contribution is -2.70. The molecule has 3 aliphatic rings. The topological polar surface area (TPSA) is 77.1 Å². The van der Waals surface area contributed by atoms with Crippen molar-refractivity contribution in [2.45, 2.75) is 37.2 Å². The second-order valence-corrected chi connectivity index (χ2v) is 6.98. The molecule has 140 valence electrons. The first-order chi connectivity index (χ1) is 12.4. The number of carbonyl (C=O) groups is 2. The number of likely N-dealkylation sites (tertiary alicyclic amines) is 1. The van der Waals surface area contributed by atoms with Gasteiger partial charge in [-0.1, -0.05) is 6.07 Å². The summed E-state index contributed by atoms with van der Waals surface area (Å²) < 4.78 is 42.2. The first kappa shape index (κ1) is 17.0. The molecular formula is C17H18F2N2O5. The summed E-state index contributed by atoms with van der Waals surface area (Å²) in [6, 6.07) is 3.36. The van der Waals surface area contributed by atoms with Gasteiger partial charge in [0.2, 0.25) is 0 Å². The molecule has 2 saturated heterocycles. The van der Waals surface area contributed by atoms with Gasteiger partial charge >= 0.3 is 12.2 Å². The summed E-state index contributed by atoms with van der Waals surface area (Å²) in [6.07, 6.45) is -0.181. The quantitative estimate of drug-likeness (QED) is 0.879. The van der Waals surface area contributed by atoms with E-state index in [1.165, 1.54) is 17.0 Å². The summed E-state index contributed by atoms with van der Waals surface area (Å²) >= 11 is 0. The highest BCUT2D eigenvalue weighted by Gasteiger charge is 2.52. The van der Waals surface area contributed by atoms with Gasteiger partial charge in [-0.05, 0) is 6.07 Å². The Hall–Kier alpha value is -2.42. The number of hydrogen-bond acceptors (Lipinski definition) is 5. The van der Waals surface area contributed by atoms with E-state index in [9.17, 15) is 18.4 Å². The summed E-state index contributed by atoms with van der Waals surface area (Å²) in [6.45, 7) is 1.04. The maximum atomic E-state index is 13.5. The van der Waals surface area contributed by atoms with Gasteiger partial charge in [-0.15, -0.1) is 0 Å². The minimum absolute atomic E-state index is 0.0474. The molecule has 7 nitrogen and oxygen atoms in total. The molecule has 1 N–H and O–H groups in total. The van der Waals surface area contributed by atoms with E-state index < -0.39 is 29.4 Å². The number of nitrogens with one attached hydrogen (secondary N) is 1. The standard InChI is InChI=1S/C17H18F2N2O5/c18-11-2-1-10(14(19)3-11)6-24-12-4-13(5-12)26-16(23)21-7-17(8-21)9-25-15(22)20-17/h1-3,12-13H,4-9H2,(H,20,22). The number of hydrogen-bond donors (Lipinski definition) is 1. The third-order valence-corrected chi connectivity index (χ3v) is 4.90. The van der Waals surface area contributed by atoms with Gasteiger partial charge in [-0.25, -0.2) is 18.4 Å². The Morgan fingerprint density at radius 3 is 2.73 bits per heavy atom. The Morgan fingerprint density at radius 1 is 1.31 bits per heavy atom. The SMILES string of the molecule is O=C1NC2(CO1)CN(C(=O)OC1CC(OCc3ccc(F)cc3F)C1)C2. The predicted octanol–water partition coefficient (Wildman–Crippen LogP) is 1.94. The molecule has 0 unspecified atom stereocenters. The summed E-state index contributed by atoms with van der Waals surface area (Å²) in [5, 5.41) is 2.70. The molecule has 0 bridgehead atoms. The van der Waals surface area contributed by atoms with Crippen LogP contribution in [-0.2, 0) is 20.8 Å². The highest BCUT2D eigenvalue weighted by Crippen LogP contribution is 2.31. The molecule has 1 saturated carbocycles. The Bertz CT molecular complexity index is 732. The molecule has 9 heteroatoms. The molecule has 0 atom stereocenters. The summed E-state index contributed by atoms with van der Waals surface area (Å²) in [5.74, 6) is -1.26. The van der Waals surface area contributed by atoms with E-state index in [1.54, 1.807) is 0 Å². The lowest BCUT2D eigenvalue weighted by Gasteiger charge is -2.46. The predicted molar refractivity (Wildman–Crippen MR) is 83.2 cm³/mol. The zero-order valence-corrected chi connectivity index (χ0v) is 13.9. The Kier molecular flexibility index (Phi) is 4.18. The average molecular weight is 368 g/mol.